The minimum atomic E-state index is -0.365. The minimum Gasteiger partial charge on any atom is -0.354 e. The van der Waals surface area contributed by atoms with Crippen molar-refractivity contribution in [3.8, 4) is 0 Å². The van der Waals surface area contributed by atoms with E-state index in [1.807, 2.05) is 0 Å². The zero-order chi connectivity index (χ0) is 14.6. The van der Waals surface area contributed by atoms with Crippen LogP contribution in [0, 0.1) is 11.3 Å². The standard InChI is InChI=1S/C15H27N3O2.ClH/c1-18(2)14(20)15(7-3-4-8-15)11-17-13(19)10-16-9-12-5-6-12;/h12,16H,3-11H2,1-2H3,(H,17,19);1H. The summed E-state index contributed by atoms with van der Waals surface area (Å²) in [4.78, 5) is 25.8. The number of halogens is 1. The van der Waals surface area contributed by atoms with Crippen LogP contribution in [0.4, 0.5) is 0 Å². The van der Waals surface area contributed by atoms with E-state index in [9.17, 15) is 9.59 Å². The van der Waals surface area contributed by atoms with Crippen LogP contribution in [0.15, 0.2) is 0 Å². The lowest BCUT2D eigenvalue weighted by molar-refractivity contribution is -0.139. The Morgan fingerprint density at radius 1 is 1.19 bits per heavy atom. The Hall–Kier alpha value is -0.810. The van der Waals surface area contributed by atoms with Gasteiger partial charge in [-0.2, -0.15) is 0 Å². The van der Waals surface area contributed by atoms with Crippen LogP contribution >= 0.6 is 12.4 Å². The number of carbonyl (C=O) groups excluding carboxylic acids is 2. The van der Waals surface area contributed by atoms with Gasteiger partial charge in [0.05, 0.1) is 12.0 Å². The fourth-order valence-corrected chi connectivity index (χ4v) is 3.03. The normalized spacial score (nSPS) is 19.7. The molecule has 21 heavy (non-hydrogen) atoms. The zero-order valence-electron chi connectivity index (χ0n) is 13.1. The molecule has 0 aromatic heterocycles. The Balaban J connectivity index is 0.00000220. The van der Waals surface area contributed by atoms with E-state index in [4.69, 9.17) is 0 Å². The van der Waals surface area contributed by atoms with E-state index in [2.05, 4.69) is 10.6 Å². The van der Waals surface area contributed by atoms with E-state index in [0.29, 0.717) is 13.1 Å². The number of nitrogens with one attached hydrogen (secondary N) is 2. The second kappa shape index (κ2) is 7.99. The van der Waals surface area contributed by atoms with Gasteiger partial charge in [-0.3, -0.25) is 9.59 Å². The second-order valence-corrected chi connectivity index (χ2v) is 6.54. The molecule has 2 fully saturated rings. The third-order valence-corrected chi connectivity index (χ3v) is 4.46. The summed E-state index contributed by atoms with van der Waals surface area (Å²) in [6, 6.07) is 0. The Kier molecular flexibility index (Phi) is 6.94. The average molecular weight is 318 g/mol. The molecule has 2 rings (SSSR count). The molecule has 6 heteroatoms. The molecule has 0 saturated heterocycles. The summed E-state index contributed by atoms with van der Waals surface area (Å²) < 4.78 is 0. The van der Waals surface area contributed by atoms with Crippen LogP contribution in [0.5, 0.6) is 0 Å². The fraction of sp³-hybridized carbons (Fsp3) is 0.867. The maximum atomic E-state index is 12.4. The van der Waals surface area contributed by atoms with Crippen molar-refractivity contribution in [2.45, 2.75) is 38.5 Å². The number of carbonyl (C=O) groups is 2. The number of hydrogen-bond donors (Lipinski definition) is 2. The summed E-state index contributed by atoms with van der Waals surface area (Å²) >= 11 is 0. The summed E-state index contributed by atoms with van der Waals surface area (Å²) in [5.74, 6) is 0.934. The van der Waals surface area contributed by atoms with E-state index in [1.165, 1.54) is 12.8 Å². The van der Waals surface area contributed by atoms with Crippen molar-refractivity contribution >= 4 is 24.2 Å². The highest BCUT2D eigenvalue weighted by Crippen LogP contribution is 2.38. The van der Waals surface area contributed by atoms with Gasteiger partial charge in [-0.25, -0.2) is 0 Å². The highest BCUT2D eigenvalue weighted by Gasteiger charge is 2.42. The van der Waals surface area contributed by atoms with Gasteiger partial charge in [0.2, 0.25) is 11.8 Å². The summed E-state index contributed by atoms with van der Waals surface area (Å²) in [6.45, 7) is 1.78. The predicted octanol–water partition coefficient (Wildman–Crippen LogP) is 1.17. The van der Waals surface area contributed by atoms with E-state index < -0.39 is 0 Å². The van der Waals surface area contributed by atoms with Crippen LogP contribution in [-0.2, 0) is 9.59 Å². The van der Waals surface area contributed by atoms with E-state index >= 15 is 0 Å². The van der Waals surface area contributed by atoms with Gasteiger partial charge in [-0.15, -0.1) is 12.4 Å². The Morgan fingerprint density at radius 3 is 2.33 bits per heavy atom. The van der Waals surface area contributed by atoms with Gasteiger partial charge >= 0.3 is 0 Å². The first-order valence-corrected chi connectivity index (χ1v) is 7.73. The molecule has 0 aromatic rings. The van der Waals surface area contributed by atoms with Gasteiger partial charge in [0.25, 0.3) is 0 Å². The lowest BCUT2D eigenvalue weighted by Gasteiger charge is -2.30. The van der Waals surface area contributed by atoms with Gasteiger partial charge in [-0.1, -0.05) is 12.8 Å². The summed E-state index contributed by atoms with van der Waals surface area (Å²) in [5, 5.41) is 6.13. The van der Waals surface area contributed by atoms with Gasteiger partial charge < -0.3 is 15.5 Å². The van der Waals surface area contributed by atoms with E-state index in [1.54, 1.807) is 19.0 Å². The highest BCUT2D eigenvalue weighted by molar-refractivity contribution is 5.85. The Morgan fingerprint density at radius 2 is 1.81 bits per heavy atom. The molecule has 0 heterocycles. The van der Waals surface area contributed by atoms with Crippen molar-refractivity contribution in [1.82, 2.24) is 15.5 Å². The smallest absolute Gasteiger partial charge is 0.233 e. The number of rotatable bonds is 7. The molecule has 0 bridgehead atoms. The first-order chi connectivity index (χ1) is 9.53. The molecule has 0 radical (unpaired) electrons. The molecule has 122 valence electrons. The average Bonchev–Trinajstić information content (AvgIpc) is 3.12. The monoisotopic (exact) mass is 317 g/mol. The molecular weight excluding hydrogens is 290 g/mol. The second-order valence-electron chi connectivity index (χ2n) is 6.54. The van der Waals surface area contributed by atoms with Crippen LogP contribution in [0.1, 0.15) is 38.5 Å². The van der Waals surface area contributed by atoms with Crippen LogP contribution < -0.4 is 10.6 Å². The van der Waals surface area contributed by atoms with Crippen molar-refractivity contribution in [1.29, 1.82) is 0 Å². The minimum absolute atomic E-state index is 0. The largest absolute Gasteiger partial charge is 0.354 e. The molecule has 2 N–H and O–H groups in total. The van der Waals surface area contributed by atoms with Crippen molar-refractivity contribution in [3.05, 3.63) is 0 Å². The summed E-state index contributed by atoms with van der Waals surface area (Å²) in [7, 11) is 3.59. The van der Waals surface area contributed by atoms with E-state index in [0.717, 1.165) is 38.1 Å². The SMILES string of the molecule is CN(C)C(=O)C1(CNC(=O)CNCC2CC2)CCCC1.Cl. The van der Waals surface area contributed by atoms with Gasteiger partial charge in [0, 0.05) is 20.6 Å². The third kappa shape index (κ3) is 5.15. The number of hydrogen-bond acceptors (Lipinski definition) is 3. The van der Waals surface area contributed by atoms with Crippen molar-refractivity contribution in [2.75, 3.05) is 33.7 Å². The molecule has 2 aliphatic carbocycles. The van der Waals surface area contributed by atoms with Crippen LogP contribution in [-0.4, -0.2) is 50.4 Å². The van der Waals surface area contributed by atoms with Crippen LogP contribution in [0.3, 0.4) is 0 Å². The topological polar surface area (TPSA) is 61.4 Å². The highest BCUT2D eigenvalue weighted by atomic mass is 35.5. The number of amides is 2. The quantitative estimate of drug-likeness (QED) is 0.741. The van der Waals surface area contributed by atoms with Gasteiger partial charge in [-0.05, 0) is 38.1 Å². The first-order valence-electron chi connectivity index (χ1n) is 7.73. The molecule has 0 aromatic carbocycles. The maximum Gasteiger partial charge on any atom is 0.233 e. The lowest BCUT2D eigenvalue weighted by atomic mass is 9.84. The van der Waals surface area contributed by atoms with Gasteiger partial charge in [0.1, 0.15) is 0 Å². The first kappa shape index (κ1) is 18.2. The molecule has 2 aliphatic rings. The van der Waals surface area contributed by atoms with Gasteiger partial charge in [0.15, 0.2) is 0 Å². The third-order valence-electron chi connectivity index (χ3n) is 4.46. The Labute approximate surface area is 133 Å². The Bertz CT molecular complexity index is 364. The summed E-state index contributed by atoms with van der Waals surface area (Å²) in [6.07, 6.45) is 6.51. The molecule has 5 nitrogen and oxygen atoms in total. The zero-order valence-corrected chi connectivity index (χ0v) is 13.9. The maximum absolute atomic E-state index is 12.4. The van der Waals surface area contributed by atoms with E-state index in [-0.39, 0.29) is 29.6 Å². The van der Waals surface area contributed by atoms with Crippen molar-refractivity contribution < 1.29 is 9.59 Å². The van der Waals surface area contributed by atoms with Crippen LogP contribution in [0.25, 0.3) is 0 Å². The predicted molar refractivity (Wildman–Crippen MR) is 85.4 cm³/mol. The molecule has 0 aliphatic heterocycles. The lowest BCUT2D eigenvalue weighted by Crippen LogP contribution is -2.48. The van der Waals surface area contributed by atoms with Crippen molar-refractivity contribution in [3.63, 3.8) is 0 Å². The fourth-order valence-electron chi connectivity index (χ4n) is 3.03. The summed E-state index contributed by atoms with van der Waals surface area (Å²) in [5.41, 5.74) is -0.365. The molecular formula is C15H28ClN3O2. The molecule has 2 saturated carbocycles. The van der Waals surface area contributed by atoms with Crippen LogP contribution in [0.2, 0.25) is 0 Å². The van der Waals surface area contributed by atoms with Crippen molar-refractivity contribution in [2.24, 2.45) is 11.3 Å². The molecule has 0 unspecified atom stereocenters. The molecule has 0 spiro atoms. The number of nitrogens with zero attached hydrogens (tertiary/aromatic N) is 1. The molecule has 2 amide bonds. The molecule has 0 atom stereocenters.